The Morgan fingerprint density at radius 3 is 2.60 bits per heavy atom. The van der Waals surface area contributed by atoms with Gasteiger partial charge in [-0.15, -0.1) is 0 Å². The molecule has 1 aromatic rings. The van der Waals surface area contributed by atoms with Crippen LogP contribution in [-0.2, 0) is 0 Å². The molecule has 0 unspecified atom stereocenters. The van der Waals surface area contributed by atoms with Crippen LogP contribution in [0.15, 0.2) is 30.5 Å². The lowest BCUT2D eigenvalue weighted by atomic mass is 10.1. The summed E-state index contributed by atoms with van der Waals surface area (Å²) in [6, 6.07) is 6.36. The van der Waals surface area contributed by atoms with Crippen molar-refractivity contribution in [2.24, 2.45) is 11.6 Å². The van der Waals surface area contributed by atoms with Gasteiger partial charge in [-0.25, -0.2) is 10.6 Å². The second-order valence-corrected chi connectivity index (χ2v) is 3.14. The number of carboxylic acid groups (broad SMARTS) is 1. The molecule has 1 rings (SSSR count). The van der Waals surface area contributed by atoms with Crippen molar-refractivity contribution in [3.05, 3.63) is 41.6 Å². The Bertz CT molecular complexity index is 399. The van der Waals surface area contributed by atoms with Crippen LogP contribution in [-0.4, -0.2) is 23.1 Å². The second-order valence-electron chi connectivity index (χ2n) is 3.14. The minimum absolute atomic E-state index is 0.198. The van der Waals surface area contributed by atoms with Gasteiger partial charge >= 0.3 is 5.97 Å². The van der Waals surface area contributed by atoms with E-state index in [0.29, 0.717) is 11.3 Å². The molecule has 5 N–H and O–H groups in total. The predicted octanol–water partition coefficient (Wildman–Crippen LogP) is 0.447. The van der Waals surface area contributed by atoms with E-state index in [1.807, 2.05) is 0 Å². The zero-order valence-electron chi connectivity index (χ0n) is 8.34. The number of nitrogens with two attached hydrogens (primary N) is 2. The van der Waals surface area contributed by atoms with Crippen molar-refractivity contribution < 1.29 is 9.90 Å². The maximum Gasteiger partial charge on any atom is 0.335 e. The van der Waals surface area contributed by atoms with E-state index in [1.165, 1.54) is 23.3 Å². The molecule has 1 aromatic carbocycles. The van der Waals surface area contributed by atoms with Gasteiger partial charge < -0.3 is 15.8 Å². The Morgan fingerprint density at radius 1 is 1.47 bits per heavy atom. The number of carbonyl (C=O) groups is 1. The molecule has 0 fully saturated rings. The van der Waals surface area contributed by atoms with Gasteiger partial charge in [0.25, 0.3) is 0 Å². The fourth-order valence-corrected chi connectivity index (χ4v) is 1.13. The molecule has 0 spiro atoms. The molecular weight excluding hydrogens is 194 g/mol. The number of hydrogen-bond acceptors (Lipinski definition) is 4. The summed E-state index contributed by atoms with van der Waals surface area (Å²) in [5.41, 5.74) is 6.96. The molecule has 0 atom stereocenters. The van der Waals surface area contributed by atoms with E-state index in [9.17, 15) is 4.79 Å². The van der Waals surface area contributed by atoms with Crippen molar-refractivity contribution in [1.29, 1.82) is 0 Å². The Labute approximate surface area is 87.6 Å². The Balaban J connectivity index is 3.05. The van der Waals surface area contributed by atoms with E-state index >= 15 is 0 Å². The summed E-state index contributed by atoms with van der Waals surface area (Å²) in [7, 11) is 1.63. The first-order valence-corrected chi connectivity index (χ1v) is 4.29. The van der Waals surface area contributed by atoms with Gasteiger partial charge in [-0.3, -0.25) is 0 Å². The summed E-state index contributed by atoms with van der Waals surface area (Å²) in [6.45, 7) is 0. The van der Waals surface area contributed by atoms with Crippen molar-refractivity contribution in [3.8, 4) is 0 Å². The number of carboxylic acids is 1. The molecule has 0 bridgehead atoms. The molecule has 5 heteroatoms. The second kappa shape index (κ2) is 4.47. The standard InChI is InChI=1S/C10H13N3O2/c1-13(12)6-9(11)7-3-2-4-8(5-7)10(14)15/h2-6H,11-12H2,1H3,(H,14,15)/b9-6-. The Kier molecular flexibility index (Phi) is 3.30. The molecule has 0 aliphatic carbocycles. The maximum atomic E-state index is 10.7. The van der Waals surface area contributed by atoms with Crippen LogP contribution in [0, 0.1) is 0 Å². The molecule has 0 amide bonds. The van der Waals surface area contributed by atoms with Crippen LogP contribution >= 0.6 is 0 Å². The molecule has 0 saturated heterocycles. The zero-order valence-corrected chi connectivity index (χ0v) is 8.34. The minimum Gasteiger partial charge on any atom is -0.478 e. The largest absolute Gasteiger partial charge is 0.478 e. The van der Waals surface area contributed by atoms with Gasteiger partial charge in [0.05, 0.1) is 11.3 Å². The third-order valence-electron chi connectivity index (χ3n) is 1.79. The molecule has 5 nitrogen and oxygen atoms in total. The van der Waals surface area contributed by atoms with Crippen molar-refractivity contribution in [2.45, 2.75) is 0 Å². The fourth-order valence-electron chi connectivity index (χ4n) is 1.13. The van der Waals surface area contributed by atoms with Crippen LogP contribution in [0.5, 0.6) is 0 Å². The van der Waals surface area contributed by atoms with E-state index < -0.39 is 5.97 Å². The maximum absolute atomic E-state index is 10.7. The highest BCUT2D eigenvalue weighted by molar-refractivity contribution is 5.88. The van der Waals surface area contributed by atoms with Gasteiger partial charge in [0.2, 0.25) is 0 Å². The van der Waals surface area contributed by atoms with E-state index in [2.05, 4.69) is 0 Å². The highest BCUT2D eigenvalue weighted by Gasteiger charge is 2.04. The van der Waals surface area contributed by atoms with Gasteiger partial charge in [0.15, 0.2) is 0 Å². The fraction of sp³-hybridized carbons (Fsp3) is 0.100. The third kappa shape index (κ3) is 2.99. The summed E-state index contributed by atoms with van der Waals surface area (Å²) in [4.78, 5) is 10.7. The predicted molar refractivity (Wildman–Crippen MR) is 57.5 cm³/mol. The highest BCUT2D eigenvalue weighted by atomic mass is 16.4. The molecule has 80 valence electrons. The van der Waals surface area contributed by atoms with Crippen LogP contribution in [0.2, 0.25) is 0 Å². The van der Waals surface area contributed by atoms with E-state index in [4.69, 9.17) is 16.7 Å². The van der Waals surface area contributed by atoms with E-state index in [0.717, 1.165) is 0 Å². The number of hydrogen-bond donors (Lipinski definition) is 3. The molecular formula is C10H13N3O2. The normalized spacial score (nSPS) is 11.2. The average Bonchev–Trinajstić information content (AvgIpc) is 2.17. The van der Waals surface area contributed by atoms with E-state index in [1.54, 1.807) is 19.2 Å². The van der Waals surface area contributed by atoms with Gasteiger partial charge in [0.1, 0.15) is 0 Å². The van der Waals surface area contributed by atoms with Crippen LogP contribution in [0.25, 0.3) is 5.70 Å². The van der Waals surface area contributed by atoms with Crippen molar-refractivity contribution >= 4 is 11.7 Å². The van der Waals surface area contributed by atoms with Gasteiger partial charge in [-0.05, 0) is 17.7 Å². The van der Waals surface area contributed by atoms with Crippen LogP contribution < -0.4 is 11.6 Å². The summed E-state index contributed by atoms with van der Waals surface area (Å²) >= 11 is 0. The first kappa shape index (κ1) is 11.1. The number of nitrogens with zero attached hydrogens (tertiary/aromatic N) is 1. The molecule has 0 aliphatic heterocycles. The topological polar surface area (TPSA) is 92.6 Å². The summed E-state index contributed by atoms with van der Waals surface area (Å²) < 4.78 is 0. The lowest BCUT2D eigenvalue weighted by Crippen LogP contribution is -2.20. The molecule has 0 aliphatic rings. The summed E-state index contributed by atoms with van der Waals surface area (Å²) in [5, 5.41) is 10.1. The smallest absolute Gasteiger partial charge is 0.335 e. The van der Waals surface area contributed by atoms with Crippen LogP contribution in [0.3, 0.4) is 0 Å². The van der Waals surface area contributed by atoms with Crippen molar-refractivity contribution in [1.82, 2.24) is 5.01 Å². The van der Waals surface area contributed by atoms with E-state index in [-0.39, 0.29) is 5.56 Å². The lowest BCUT2D eigenvalue weighted by molar-refractivity contribution is 0.0697. The Morgan fingerprint density at radius 2 is 2.07 bits per heavy atom. The zero-order chi connectivity index (χ0) is 11.4. The van der Waals surface area contributed by atoms with Crippen molar-refractivity contribution in [3.63, 3.8) is 0 Å². The highest BCUT2D eigenvalue weighted by Crippen LogP contribution is 2.11. The average molecular weight is 207 g/mol. The van der Waals surface area contributed by atoms with Crippen LogP contribution in [0.4, 0.5) is 0 Å². The lowest BCUT2D eigenvalue weighted by Gasteiger charge is -2.08. The summed E-state index contributed by atoms with van der Waals surface area (Å²) in [5.74, 6) is 4.41. The van der Waals surface area contributed by atoms with Crippen LogP contribution in [0.1, 0.15) is 15.9 Å². The molecule has 0 aromatic heterocycles. The minimum atomic E-state index is -0.981. The molecule has 0 saturated carbocycles. The number of benzene rings is 1. The molecule has 0 radical (unpaired) electrons. The SMILES string of the molecule is CN(N)/C=C(\N)c1cccc(C(=O)O)c1. The van der Waals surface area contributed by atoms with Crippen molar-refractivity contribution in [2.75, 3.05) is 7.05 Å². The number of hydrazine groups is 1. The number of aromatic carboxylic acids is 1. The first-order chi connectivity index (χ1) is 7.00. The number of rotatable bonds is 3. The summed E-state index contributed by atoms with van der Waals surface area (Å²) in [6.07, 6.45) is 1.51. The van der Waals surface area contributed by atoms with Gasteiger partial charge in [0, 0.05) is 13.2 Å². The quantitative estimate of drug-likeness (QED) is 0.494. The van der Waals surface area contributed by atoms with Gasteiger partial charge in [-0.1, -0.05) is 12.1 Å². The molecule has 0 heterocycles. The monoisotopic (exact) mass is 207 g/mol. The first-order valence-electron chi connectivity index (χ1n) is 4.29. The molecule has 15 heavy (non-hydrogen) atoms. The third-order valence-corrected chi connectivity index (χ3v) is 1.79. The Hall–Kier alpha value is -2.01. The van der Waals surface area contributed by atoms with Gasteiger partial charge in [-0.2, -0.15) is 0 Å².